The summed E-state index contributed by atoms with van der Waals surface area (Å²) in [5.41, 5.74) is 2.17. The molecule has 2 nitrogen and oxygen atoms in total. The molecule has 0 atom stereocenters. The molecule has 0 unspecified atom stereocenters. The highest BCUT2D eigenvalue weighted by Crippen LogP contribution is 2.26. The van der Waals surface area contributed by atoms with E-state index in [4.69, 9.17) is 0 Å². The molecule has 0 aromatic heterocycles. The van der Waals surface area contributed by atoms with Crippen LogP contribution >= 0.6 is 12.1 Å². The molecule has 0 radical (unpaired) electrons. The number of nitrogens with zero attached hydrogens (tertiary/aromatic N) is 1. The fraction of sp³-hybridized carbons (Fsp3) is 0.400. The van der Waals surface area contributed by atoms with E-state index in [0.29, 0.717) is 0 Å². The number of hydrogen-bond donors (Lipinski definition) is 1. The van der Waals surface area contributed by atoms with Gasteiger partial charge in [-0.05, 0) is 19.1 Å². The highest BCUT2D eigenvalue weighted by molar-refractivity contribution is 7.95. The summed E-state index contributed by atoms with van der Waals surface area (Å²) in [5.74, 6) is 0. The lowest BCUT2D eigenvalue weighted by molar-refractivity contribution is 0.633. The second-order valence-electron chi connectivity index (χ2n) is 2.10. The topological polar surface area (TPSA) is 15.3 Å². The molecule has 74 valence electrons. The van der Waals surface area contributed by atoms with Crippen LogP contribution in [0.4, 0.5) is 0 Å². The summed E-state index contributed by atoms with van der Waals surface area (Å²) in [4.78, 5) is 0. The van der Waals surface area contributed by atoms with Crippen molar-refractivity contribution < 1.29 is 0 Å². The minimum absolute atomic E-state index is 0.969. The largest absolute Gasteiger partial charge is 0.310 e. The maximum atomic E-state index is 3.74. The first-order chi connectivity index (χ1) is 6.33. The maximum absolute atomic E-state index is 3.74. The second-order valence-corrected chi connectivity index (χ2v) is 2.92. The molecule has 0 aromatic carbocycles. The van der Waals surface area contributed by atoms with Crippen LogP contribution in [-0.2, 0) is 0 Å². The third-order valence-corrected chi connectivity index (χ3v) is 2.48. The normalized spacial score (nSPS) is 14.5. The Hall–Kier alpha value is -0.830. The van der Waals surface area contributed by atoms with Gasteiger partial charge in [-0.25, -0.2) is 0 Å². The maximum Gasteiger partial charge on any atom is 0.0720 e. The first-order valence-electron chi connectivity index (χ1n) is 4.53. The summed E-state index contributed by atoms with van der Waals surface area (Å²) in [6, 6.07) is 0. The van der Waals surface area contributed by atoms with Crippen molar-refractivity contribution in [2.45, 2.75) is 20.8 Å². The molecule has 1 heterocycles. The Morgan fingerprint density at radius 3 is 2.38 bits per heavy atom. The number of hydrogen-bond acceptors (Lipinski definition) is 3. The average Bonchev–Trinajstić information content (AvgIpc) is 2.62. The van der Waals surface area contributed by atoms with Gasteiger partial charge in [-0.2, -0.15) is 0 Å². The van der Waals surface area contributed by atoms with Gasteiger partial charge >= 0.3 is 0 Å². The molecule has 0 spiro atoms. The van der Waals surface area contributed by atoms with Crippen molar-refractivity contribution >= 4 is 12.1 Å². The van der Waals surface area contributed by atoms with Crippen molar-refractivity contribution in [3.63, 3.8) is 0 Å². The Balaban J connectivity index is 0.000000671. The lowest BCUT2D eigenvalue weighted by atomic mass is 10.3. The Bertz CT molecular complexity index is 209. The molecule has 0 saturated carbocycles. The van der Waals surface area contributed by atoms with Crippen LogP contribution in [0.1, 0.15) is 20.8 Å². The molecule has 0 aromatic rings. The molecule has 0 aliphatic carbocycles. The van der Waals surface area contributed by atoms with Crippen LogP contribution in [0, 0.1) is 0 Å². The Kier molecular flexibility index (Phi) is 6.24. The van der Waals surface area contributed by atoms with Crippen LogP contribution in [0.2, 0.25) is 0 Å². The first kappa shape index (κ1) is 12.2. The molecule has 1 N–H and O–H groups in total. The van der Waals surface area contributed by atoms with E-state index in [-0.39, 0.29) is 0 Å². The third kappa shape index (κ3) is 2.84. The van der Waals surface area contributed by atoms with Gasteiger partial charge < -0.3 is 4.72 Å². The summed E-state index contributed by atoms with van der Waals surface area (Å²) in [6.07, 6.45) is 3.65. The molecule has 1 aliphatic rings. The summed E-state index contributed by atoms with van der Waals surface area (Å²) >= 11 is 1.57. The van der Waals surface area contributed by atoms with E-state index >= 15 is 0 Å². The summed E-state index contributed by atoms with van der Waals surface area (Å²) in [5, 5.41) is 0. The molecule has 3 heteroatoms. The van der Waals surface area contributed by atoms with E-state index in [2.05, 4.69) is 29.1 Å². The molecule has 1 rings (SSSR count). The van der Waals surface area contributed by atoms with E-state index in [9.17, 15) is 0 Å². The Morgan fingerprint density at radius 2 is 2.00 bits per heavy atom. The molecule has 0 bridgehead atoms. The van der Waals surface area contributed by atoms with Crippen LogP contribution < -0.4 is 4.72 Å². The molecule has 0 saturated heterocycles. The zero-order valence-corrected chi connectivity index (χ0v) is 9.45. The molecular weight excluding hydrogens is 180 g/mol. The minimum Gasteiger partial charge on any atom is -0.310 e. The van der Waals surface area contributed by atoms with E-state index in [1.165, 1.54) is 0 Å². The zero-order chi connectivity index (χ0) is 10.3. The number of allylic oxidation sites excluding steroid dienone is 2. The van der Waals surface area contributed by atoms with Gasteiger partial charge in [-0.15, -0.1) is 0 Å². The van der Waals surface area contributed by atoms with Gasteiger partial charge in [0.05, 0.1) is 23.5 Å². The van der Waals surface area contributed by atoms with E-state index < -0.39 is 0 Å². The fourth-order valence-electron chi connectivity index (χ4n) is 0.933. The fourth-order valence-corrected chi connectivity index (χ4v) is 1.73. The van der Waals surface area contributed by atoms with Gasteiger partial charge in [0.25, 0.3) is 0 Å². The van der Waals surface area contributed by atoms with Gasteiger partial charge in [0.1, 0.15) is 0 Å². The van der Waals surface area contributed by atoms with Gasteiger partial charge in [0, 0.05) is 6.54 Å². The van der Waals surface area contributed by atoms with Crippen molar-refractivity contribution in [1.82, 2.24) is 9.03 Å². The van der Waals surface area contributed by atoms with Crippen molar-refractivity contribution in [2.24, 2.45) is 0 Å². The first-order valence-corrected chi connectivity index (χ1v) is 5.30. The lowest BCUT2D eigenvalue weighted by Gasteiger charge is -2.12. The Labute approximate surface area is 85.7 Å². The smallest absolute Gasteiger partial charge is 0.0720 e. The number of likely N-dealkylation sites (N-methyl/N-ethyl adjacent to an activating group) is 1. The van der Waals surface area contributed by atoms with Crippen molar-refractivity contribution in [1.29, 1.82) is 0 Å². The minimum atomic E-state index is 0.969. The van der Waals surface area contributed by atoms with Crippen molar-refractivity contribution in [2.75, 3.05) is 6.54 Å². The predicted molar refractivity (Wildman–Crippen MR) is 61.9 cm³/mol. The van der Waals surface area contributed by atoms with E-state index in [1.54, 1.807) is 18.2 Å². The molecule has 0 fully saturated rings. The standard InChI is InChI=1S/C8H12N2S.C2H6/c1-4-7-8(5-2)10(6-3)11-9-7;1-2/h4-5,9H,1-2,6H2,3H3;1-2H3. The molecular formula is C10H18N2S. The summed E-state index contributed by atoms with van der Waals surface area (Å²) < 4.78 is 5.27. The van der Waals surface area contributed by atoms with Crippen LogP contribution in [0.5, 0.6) is 0 Å². The van der Waals surface area contributed by atoms with Crippen LogP contribution in [0.3, 0.4) is 0 Å². The van der Waals surface area contributed by atoms with Crippen molar-refractivity contribution in [3.8, 4) is 0 Å². The third-order valence-electron chi connectivity index (χ3n) is 1.50. The number of nitrogens with one attached hydrogen (secondary N) is 1. The van der Waals surface area contributed by atoms with Crippen molar-refractivity contribution in [3.05, 3.63) is 36.7 Å². The molecule has 13 heavy (non-hydrogen) atoms. The molecule has 1 aliphatic heterocycles. The Morgan fingerprint density at radius 1 is 1.38 bits per heavy atom. The average molecular weight is 198 g/mol. The SMILES string of the molecule is C=CC1=C(C=C)N(CC)SN1.CC. The van der Waals surface area contributed by atoms with E-state index in [0.717, 1.165) is 17.9 Å². The van der Waals surface area contributed by atoms with Gasteiger partial charge in [-0.1, -0.05) is 27.0 Å². The zero-order valence-electron chi connectivity index (χ0n) is 8.63. The quantitative estimate of drug-likeness (QED) is 0.702. The van der Waals surface area contributed by atoms with Gasteiger partial charge in [-0.3, -0.25) is 4.31 Å². The van der Waals surface area contributed by atoms with Gasteiger partial charge in [0.2, 0.25) is 0 Å². The lowest BCUT2D eigenvalue weighted by Crippen LogP contribution is -2.09. The van der Waals surface area contributed by atoms with Crippen LogP contribution in [0.25, 0.3) is 0 Å². The highest BCUT2D eigenvalue weighted by Gasteiger charge is 2.16. The number of rotatable bonds is 3. The highest BCUT2D eigenvalue weighted by atomic mass is 32.2. The van der Waals surface area contributed by atoms with E-state index in [1.807, 2.05) is 19.9 Å². The predicted octanol–water partition coefficient (Wildman–Crippen LogP) is 3.08. The van der Waals surface area contributed by atoms with Crippen LogP contribution in [-0.4, -0.2) is 10.8 Å². The summed E-state index contributed by atoms with van der Waals surface area (Å²) in [6.45, 7) is 14.5. The second kappa shape index (κ2) is 6.66. The summed E-state index contributed by atoms with van der Waals surface area (Å²) in [7, 11) is 0. The monoisotopic (exact) mass is 198 g/mol. The molecule has 0 amide bonds. The van der Waals surface area contributed by atoms with Crippen LogP contribution in [0.15, 0.2) is 36.7 Å². The van der Waals surface area contributed by atoms with Gasteiger partial charge in [0.15, 0.2) is 0 Å².